The minimum atomic E-state index is 0.232. The zero-order chi connectivity index (χ0) is 10.2. The number of hydrogen-bond acceptors (Lipinski definition) is 4. The first-order chi connectivity index (χ1) is 6.86. The van der Waals surface area contributed by atoms with Crippen LogP contribution in [0.4, 0.5) is 0 Å². The zero-order valence-corrected chi connectivity index (χ0v) is 9.27. The van der Waals surface area contributed by atoms with Crippen molar-refractivity contribution >= 4 is 11.8 Å². The van der Waals surface area contributed by atoms with Gasteiger partial charge in [-0.2, -0.15) is 11.8 Å². The van der Waals surface area contributed by atoms with Crippen LogP contribution in [-0.4, -0.2) is 24.0 Å². The van der Waals surface area contributed by atoms with Gasteiger partial charge < -0.3 is 14.8 Å². The largest absolute Gasteiger partial charge is 0.464 e. The molecule has 14 heavy (non-hydrogen) atoms. The van der Waals surface area contributed by atoms with E-state index in [1.54, 1.807) is 11.8 Å². The highest BCUT2D eigenvalue weighted by molar-refractivity contribution is 7.98. The molecule has 1 heterocycles. The summed E-state index contributed by atoms with van der Waals surface area (Å²) in [6.45, 7) is 4.05. The minimum Gasteiger partial charge on any atom is -0.464 e. The molecule has 0 atom stereocenters. The summed E-state index contributed by atoms with van der Waals surface area (Å²) in [5.41, 5.74) is 0. The summed E-state index contributed by atoms with van der Waals surface area (Å²) >= 11 is 1.68. The van der Waals surface area contributed by atoms with E-state index in [1.807, 2.05) is 12.1 Å². The Hall–Kier alpha value is -0.450. The molecule has 3 nitrogen and oxygen atoms in total. The number of hydrogen-bond donors (Lipinski definition) is 2. The van der Waals surface area contributed by atoms with Gasteiger partial charge in [0.15, 0.2) is 0 Å². The zero-order valence-electron chi connectivity index (χ0n) is 8.45. The molecule has 1 aromatic heterocycles. The first kappa shape index (κ1) is 11.6. The molecule has 0 amide bonds. The molecule has 0 bridgehead atoms. The number of nitrogens with one attached hydrogen (secondary N) is 1. The highest BCUT2D eigenvalue weighted by Crippen LogP contribution is 2.14. The lowest BCUT2D eigenvalue weighted by Crippen LogP contribution is -2.10. The summed E-state index contributed by atoms with van der Waals surface area (Å²) in [6, 6.07) is 3.99. The highest BCUT2D eigenvalue weighted by atomic mass is 32.2. The van der Waals surface area contributed by atoms with Gasteiger partial charge in [-0.25, -0.2) is 0 Å². The maximum atomic E-state index is 8.60. The third-order valence-corrected chi connectivity index (χ3v) is 2.71. The molecule has 0 fully saturated rings. The summed E-state index contributed by atoms with van der Waals surface area (Å²) < 4.78 is 5.57. The van der Waals surface area contributed by atoms with Crippen molar-refractivity contribution in [1.29, 1.82) is 0 Å². The SMILES string of the molecule is CCNCc1ccc(CSCCO)o1. The Bertz CT molecular complexity index is 250. The van der Waals surface area contributed by atoms with Crippen LogP contribution >= 0.6 is 11.8 Å². The van der Waals surface area contributed by atoms with Crippen LogP contribution in [0.5, 0.6) is 0 Å². The lowest BCUT2D eigenvalue weighted by molar-refractivity contribution is 0.322. The van der Waals surface area contributed by atoms with E-state index in [4.69, 9.17) is 9.52 Å². The molecule has 0 saturated carbocycles. The predicted molar refractivity (Wildman–Crippen MR) is 59.3 cm³/mol. The molecule has 0 radical (unpaired) electrons. The molecule has 1 aromatic rings. The van der Waals surface area contributed by atoms with E-state index in [9.17, 15) is 0 Å². The third-order valence-electron chi connectivity index (χ3n) is 1.75. The summed E-state index contributed by atoms with van der Waals surface area (Å²) in [7, 11) is 0. The minimum absolute atomic E-state index is 0.232. The monoisotopic (exact) mass is 215 g/mol. The number of aliphatic hydroxyl groups excluding tert-OH is 1. The summed E-state index contributed by atoms with van der Waals surface area (Å²) in [5.74, 6) is 3.57. The van der Waals surface area contributed by atoms with Crippen LogP contribution in [0.15, 0.2) is 16.5 Å². The second-order valence-electron chi connectivity index (χ2n) is 2.92. The van der Waals surface area contributed by atoms with Crippen LogP contribution in [0.3, 0.4) is 0 Å². The highest BCUT2D eigenvalue weighted by Gasteiger charge is 2.00. The first-order valence-electron chi connectivity index (χ1n) is 4.83. The van der Waals surface area contributed by atoms with Gasteiger partial charge in [0.25, 0.3) is 0 Å². The molecular formula is C10H17NO2S. The molecule has 0 unspecified atom stereocenters. The lowest BCUT2D eigenvalue weighted by atomic mass is 10.4. The topological polar surface area (TPSA) is 45.4 Å². The van der Waals surface area contributed by atoms with E-state index in [0.717, 1.165) is 36.1 Å². The van der Waals surface area contributed by atoms with Gasteiger partial charge in [-0.1, -0.05) is 6.92 Å². The second-order valence-corrected chi connectivity index (χ2v) is 4.03. The van der Waals surface area contributed by atoms with Crippen molar-refractivity contribution in [3.63, 3.8) is 0 Å². The Morgan fingerprint density at radius 1 is 1.43 bits per heavy atom. The van der Waals surface area contributed by atoms with Crippen molar-refractivity contribution in [1.82, 2.24) is 5.32 Å². The normalized spacial score (nSPS) is 10.7. The van der Waals surface area contributed by atoms with E-state index in [-0.39, 0.29) is 6.61 Å². The third kappa shape index (κ3) is 4.17. The van der Waals surface area contributed by atoms with Crippen molar-refractivity contribution in [2.24, 2.45) is 0 Å². The summed E-state index contributed by atoms with van der Waals surface area (Å²) in [6.07, 6.45) is 0. The molecule has 0 spiro atoms. The van der Waals surface area contributed by atoms with Crippen LogP contribution in [0, 0.1) is 0 Å². The van der Waals surface area contributed by atoms with E-state index in [0.29, 0.717) is 0 Å². The Balaban J connectivity index is 2.27. The molecular weight excluding hydrogens is 198 g/mol. The fourth-order valence-corrected chi connectivity index (χ4v) is 1.71. The van der Waals surface area contributed by atoms with E-state index in [1.165, 1.54) is 0 Å². The second kappa shape index (κ2) is 6.92. The van der Waals surface area contributed by atoms with Crippen molar-refractivity contribution < 1.29 is 9.52 Å². The number of thioether (sulfide) groups is 1. The van der Waals surface area contributed by atoms with Crippen LogP contribution in [-0.2, 0) is 12.3 Å². The standard InChI is InChI=1S/C10H17NO2S/c1-2-11-7-9-3-4-10(13-9)8-14-6-5-12/h3-4,11-12H,2,5-8H2,1H3. The van der Waals surface area contributed by atoms with Crippen LogP contribution in [0.25, 0.3) is 0 Å². The number of aliphatic hydroxyl groups is 1. The Kier molecular flexibility index (Phi) is 5.75. The molecule has 0 aliphatic rings. The quantitative estimate of drug-likeness (QED) is 0.678. The summed E-state index contributed by atoms with van der Waals surface area (Å²) in [4.78, 5) is 0. The maximum absolute atomic E-state index is 8.60. The van der Waals surface area contributed by atoms with E-state index in [2.05, 4.69) is 12.2 Å². The molecule has 0 aliphatic heterocycles. The predicted octanol–water partition coefficient (Wildman–Crippen LogP) is 1.61. The van der Waals surface area contributed by atoms with Gasteiger partial charge in [-0.15, -0.1) is 0 Å². The van der Waals surface area contributed by atoms with Gasteiger partial charge in [-0.05, 0) is 18.7 Å². The number of rotatable bonds is 7. The molecule has 0 saturated heterocycles. The van der Waals surface area contributed by atoms with Crippen molar-refractivity contribution in [2.45, 2.75) is 19.2 Å². The smallest absolute Gasteiger partial charge is 0.117 e. The molecule has 1 rings (SSSR count). The summed E-state index contributed by atoms with van der Waals surface area (Å²) in [5, 5.41) is 11.8. The van der Waals surface area contributed by atoms with Crippen molar-refractivity contribution in [2.75, 3.05) is 18.9 Å². The van der Waals surface area contributed by atoms with Gasteiger partial charge >= 0.3 is 0 Å². The van der Waals surface area contributed by atoms with Crippen LogP contribution < -0.4 is 5.32 Å². The molecule has 0 aliphatic carbocycles. The van der Waals surface area contributed by atoms with E-state index >= 15 is 0 Å². The van der Waals surface area contributed by atoms with Crippen LogP contribution in [0.2, 0.25) is 0 Å². The molecule has 80 valence electrons. The fourth-order valence-electron chi connectivity index (χ4n) is 1.08. The molecule has 2 N–H and O–H groups in total. The Morgan fingerprint density at radius 3 is 2.93 bits per heavy atom. The van der Waals surface area contributed by atoms with E-state index < -0.39 is 0 Å². The fraction of sp³-hybridized carbons (Fsp3) is 0.600. The molecule has 4 heteroatoms. The Morgan fingerprint density at radius 2 is 2.21 bits per heavy atom. The van der Waals surface area contributed by atoms with Crippen LogP contribution in [0.1, 0.15) is 18.4 Å². The van der Waals surface area contributed by atoms with Gasteiger partial charge in [0.2, 0.25) is 0 Å². The average Bonchev–Trinajstić information content (AvgIpc) is 2.63. The maximum Gasteiger partial charge on any atom is 0.117 e. The van der Waals surface area contributed by atoms with Crippen molar-refractivity contribution in [3.8, 4) is 0 Å². The first-order valence-corrected chi connectivity index (χ1v) is 5.99. The van der Waals surface area contributed by atoms with Gasteiger partial charge in [0, 0.05) is 5.75 Å². The van der Waals surface area contributed by atoms with Gasteiger partial charge in [-0.3, -0.25) is 0 Å². The number of furan rings is 1. The molecule has 0 aromatic carbocycles. The van der Waals surface area contributed by atoms with Gasteiger partial charge in [0.1, 0.15) is 11.5 Å². The lowest BCUT2D eigenvalue weighted by Gasteiger charge is -1.97. The Labute approximate surface area is 88.9 Å². The average molecular weight is 215 g/mol. The van der Waals surface area contributed by atoms with Crippen molar-refractivity contribution in [3.05, 3.63) is 23.7 Å². The van der Waals surface area contributed by atoms with Gasteiger partial charge in [0.05, 0.1) is 18.9 Å².